The molecule has 0 saturated carbocycles. The number of ether oxygens (including phenoxy) is 1. The Bertz CT molecular complexity index is 317. The number of likely N-dealkylation sites (tertiary alicyclic amines) is 1. The van der Waals surface area contributed by atoms with Gasteiger partial charge in [-0.2, -0.15) is 0 Å². The van der Waals surface area contributed by atoms with Gasteiger partial charge in [0.1, 0.15) is 6.04 Å². The molecule has 102 valence electrons. The van der Waals surface area contributed by atoms with Crippen molar-refractivity contribution in [3.63, 3.8) is 0 Å². The van der Waals surface area contributed by atoms with Crippen molar-refractivity contribution in [2.24, 2.45) is 4.58 Å². The molecule has 1 aliphatic heterocycles. The number of nitrogens with one attached hydrogen (secondary N) is 1. The van der Waals surface area contributed by atoms with Crippen molar-refractivity contribution in [1.29, 1.82) is 0 Å². The molecule has 0 spiro atoms. The molecule has 1 heterocycles. The second kappa shape index (κ2) is 6.75. The van der Waals surface area contributed by atoms with Gasteiger partial charge in [0.2, 0.25) is 0 Å². The minimum absolute atomic E-state index is 0.393. The van der Waals surface area contributed by atoms with Crippen molar-refractivity contribution in [1.82, 2.24) is 10.2 Å². The second-order valence-corrected chi connectivity index (χ2v) is 5.51. The largest absolute Gasteiger partial charge is 0.467 e. The maximum atomic E-state index is 11.9. The third-order valence-electron chi connectivity index (χ3n) is 3.30. The lowest BCUT2D eigenvalue weighted by molar-refractivity contribution is -0.144. The van der Waals surface area contributed by atoms with Gasteiger partial charge in [0.15, 0.2) is 0 Å². The smallest absolute Gasteiger partial charge is 0.329 e. The van der Waals surface area contributed by atoms with Crippen LogP contribution in [-0.4, -0.2) is 48.9 Å². The molecule has 0 bridgehead atoms. The maximum absolute atomic E-state index is 11.9. The molecule has 1 N–H and O–H groups in total. The van der Waals surface area contributed by atoms with Crippen molar-refractivity contribution in [2.75, 3.05) is 27.2 Å². The van der Waals surface area contributed by atoms with Crippen LogP contribution in [0.25, 0.3) is 0 Å². The van der Waals surface area contributed by atoms with E-state index in [1.54, 1.807) is 0 Å². The zero-order valence-electron chi connectivity index (χ0n) is 10.7. The molecule has 0 radical (unpaired) electrons. The molecule has 0 aromatic heterocycles. The van der Waals surface area contributed by atoms with Crippen molar-refractivity contribution in [3.05, 3.63) is 17.7 Å². The number of nitrogens with zero attached hydrogens (tertiary/aromatic N) is 2. The summed E-state index contributed by atoms with van der Waals surface area (Å²) in [6.45, 7) is 5.20. The van der Waals surface area contributed by atoms with Gasteiger partial charge in [-0.1, -0.05) is 6.58 Å². The Morgan fingerprint density at radius 2 is 2.22 bits per heavy atom. The number of carbonyl (C=O) groups is 1. The van der Waals surface area contributed by atoms with Crippen LogP contribution >= 0.6 is 11.9 Å². The lowest BCUT2D eigenvalue weighted by atomic mass is 9.88. The van der Waals surface area contributed by atoms with Gasteiger partial charge in [0, 0.05) is 16.5 Å². The lowest BCUT2D eigenvalue weighted by Gasteiger charge is -2.41. The number of hydrogen-bond donors (Lipinski definition) is 1. The van der Waals surface area contributed by atoms with Crippen LogP contribution in [0, 0.1) is 4.91 Å². The maximum Gasteiger partial charge on any atom is 0.329 e. The van der Waals surface area contributed by atoms with Crippen LogP contribution in [0.2, 0.25) is 0 Å². The summed E-state index contributed by atoms with van der Waals surface area (Å²) >= 11 is 0.925. The van der Waals surface area contributed by atoms with E-state index in [1.165, 1.54) is 13.3 Å². The predicted octanol–water partition coefficient (Wildman–Crippen LogP) is 1.14. The van der Waals surface area contributed by atoms with Crippen LogP contribution in [0.15, 0.2) is 17.4 Å². The van der Waals surface area contributed by atoms with Crippen molar-refractivity contribution in [2.45, 2.75) is 23.6 Å². The Labute approximate surface area is 111 Å². The third-order valence-corrected chi connectivity index (χ3v) is 4.38. The van der Waals surface area contributed by atoms with E-state index in [4.69, 9.17) is 4.74 Å². The van der Waals surface area contributed by atoms with Crippen LogP contribution in [-0.2, 0) is 9.53 Å². The van der Waals surface area contributed by atoms with E-state index in [9.17, 15) is 9.70 Å². The van der Waals surface area contributed by atoms with Gasteiger partial charge in [-0.15, -0.1) is 4.91 Å². The van der Waals surface area contributed by atoms with Gasteiger partial charge in [0.05, 0.1) is 11.9 Å². The quantitative estimate of drug-likeness (QED) is 0.444. The number of methoxy groups -OCH3 is 1. The first-order chi connectivity index (χ1) is 8.59. The highest BCUT2D eigenvalue weighted by Gasteiger charge is 2.46. The Morgan fingerprint density at radius 3 is 2.67 bits per heavy atom. The van der Waals surface area contributed by atoms with E-state index in [2.05, 4.69) is 21.4 Å². The summed E-state index contributed by atoms with van der Waals surface area (Å²) in [5.74, 6) is -0.393. The molecule has 0 aliphatic carbocycles. The number of hydrogen-bond acceptors (Lipinski definition) is 7. The molecule has 1 fully saturated rings. The summed E-state index contributed by atoms with van der Waals surface area (Å²) in [6, 6.07) is -0.601. The summed E-state index contributed by atoms with van der Waals surface area (Å²) in [5, 5.41) is 2.89. The number of rotatable bonds is 6. The van der Waals surface area contributed by atoms with E-state index < -0.39 is 16.8 Å². The average Bonchev–Trinajstić information content (AvgIpc) is 2.38. The summed E-state index contributed by atoms with van der Waals surface area (Å²) in [5.41, 5.74) is 0. The molecule has 1 unspecified atom stereocenters. The molecule has 1 aliphatic rings. The molecular weight excluding hydrogens is 254 g/mol. The minimum atomic E-state index is -0.601. The van der Waals surface area contributed by atoms with Crippen LogP contribution < -0.4 is 5.32 Å². The third kappa shape index (κ3) is 3.23. The Morgan fingerprint density at radius 1 is 1.61 bits per heavy atom. The molecule has 1 rings (SSSR count). The second-order valence-electron chi connectivity index (χ2n) is 4.36. The monoisotopic (exact) mass is 273 g/mol. The van der Waals surface area contributed by atoms with E-state index >= 15 is 0 Å². The highest BCUT2D eigenvalue weighted by atomic mass is 32.2. The SMILES string of the molecule is C=CNC(C(=O)OC)C1(SN=O)CCN(C)CC1. The first-order valence-electron chi connectivity index (χ1n) is 5.74. The van der Waals surface area contributed by atoms with Crippen molar-refractivity contribution in [3.8, 4) is 0 Å². The van der Waals surface area contributed by atoms with E-state index in [-0.39, 0.29) is 0 Å². The first kappa shape index (κ1) is 15.0. The molecule has 0 aromatic rings. The normalized spacial score (nSPS) is 20.8. The first-order valence-corrected chi connectivity index (χ1v) is 6.51. The van der Waals surface area contributed by atoms with Gasteiger partial charge in [-0.25, -0.2) is 4.79 Å². The van der Waals surface area contributed by atoms with E-state index in [1.807, 2.05) is 7.05 Å². The fraction of sp³-hybridized carbons (Fsp3) is 0.727. The highest BCUT2D eigenvalue weighted by molar-refractivity contribution is 7.99. The number of nitroso groups, excluding NO2 is 1. The van der Waals surface area contributed by atoms with E-state index in [0.29, 0.717) is 12.8 Å². The fourth-order valence-electron chi connectivity index (χ4n) is 2.17. The van der Waals surface area contributed by atoms with Crippen molar-refractivity contribution >= 4 is 17.9 Å². The zero-order chi connectivity index (χ0) is 13.6. The van der Waals surface area contributed by atoms with Gasteiger partial charge in [0.25, 0.3) is 0 Å². The van der Waals surface area contributed by atoms with Gasteiger partial charge >= 0.3 is 5.97 Å². The van der Waals surface area contributed by atoms with Gasteiger partial charge in [-0.3, -0.25) is 0 Å². The van der Waals surface area contributed by atoms with Crippen molar-refractivity contribution < 1.29 is 9.53 Å². The summed E-state index contributed by atoms with van der Waals surface area (Å²) in [4.78, 5) is 24.7. The summed E-state index contributed by atoms with van der Waals surface area (Å²) < 4.78 is 7.18. The molecule has 1 atom stereocenters. The topological polar surface area (TPSA) is 71.0 Å². The van der Waals surface area contributed by atoms with E-state index in [0.717, 1.165) is 25.0 Å². The Balaban J connectivity index is 2.94. The Kier molecular flexibility index (Phi) is 5.61. The molecule has 7 heteroatoms. The predicted molar refractivity (Wildman–Crippen MR) is 72.0 cm³/mol. The zero-order valence-corrected chi connectivity index (χ0v) is 11.5. The summed E-state index contributed by atoms with van der Waals surface area (Å²) in [7, 11) is 3.35. The molecule has 0 aromatic carbocycles. The fourth-order valence-corrected chi connectivity index (χ4v) is 2.96. The molecule has 0 amide bonds. The summed E-state index contributed by atoms with van der Waals surface area (Å²) in [6.07, 6.45) is 2.84. The number of carbonyl (C=O) groups excluding carboxylic acids is 1. The lowest BCUT2D eigenvalue weighted by Crippen LogP contribution is -2.56. The average molecular weight is 273 g/mol. The standard InChI is InChI=1S/C11H19N3O3S/c1-4-12-9(10(15)17-3)11(18-13-16)5-7-14(2)8-6-11/h4,9,12H,1,5-8H2,2-3H3. The van der Waals surface area contributed by atoms with Crippen LogP contribution in [0.1, 0.15) is 12.8 Å². The van der Waals surface area contributed by atoms with Crippen LogP contribution in [0.3, 0.4) is 0 Å². The van der Waals surface area contributed by atoms with Gasteiger partial charge in [-0.05, 0) is 39.2 Å². The molecular formula is C11H19N3O3S. The van der Waals surface area contributed by atoms with Crippen LogP contribution in [0.5, 0.6) is 0 Å². The van der Waals surface area contributed by atoms with Gasteiger partial charge < -0.3 is 15.0 Å². The number of esters is 1. The molecule has 18 heavy (non-hydrogen) atoms. The minimum Gasteiger partial charge on any atom is -0.467 e. The molecule has 1 saturated heterocycles. The highest BCUT2D eigenvalue weighted by Crippen LogP contribution is 2.40. The van der Waals surface area contributed by atoms with Crippen LogP contribution in [0.4, 0.5) is 0 Å². The molecule has 6 nitrogen and oxygen atoms in total. The number of piperidine rings is 1. The Hall–Kier alpha value is -1.08.